The van der Waals surface area contributed by atoms with Crippen LogP contribution in [0.3, 0.4) is 0 Å². The fourth-order valence-electron chi connectivity index (χ4n) is 3.00. The van der Waals surface area contributed by atoms with Gasteiger partial charge in [0.05, 0.1) is 0 Å². The zero-order valence-corrected chi connectivity index (χ0v) is 13.9. The van der Waals surface area contributed by atoms with E-state index in [4.69, 9.17) is 0 Å². The Morgan fingerprint density at radius 2 is 1.50 bits per heavy atom. The van der Waals surface area contributed by atoms with E-state index in [9.17, 15) is 0 Å². The van der Waals surface area contributed by atoms with Crippen molar-refractivity contribution in [3.8, 4) is 0 Å². The maximum atomic E-state index is 2.51. The third kappa shape index (κ3) is 3.30. The molecule has 1 saturated heterocycles. The van der Waals surface area contributed by atoms with Crippen molar-refractivity contribution in [2.45, 2.75) is 18.5 Å². The third-order valence-corrected chi connectivity index (χ3v) is 9.85. The van der Waals surface area contributed by atoms with Gasteiger partial charge >= 0.3 is 0 Å². The van der Waals surface area contributed by atoms with E-state index in [2.05, 4.69) is 67.3 Å². The Labute approximate surface area is 125 Å². The first kappa shape index (κ1) is 14.2. The summed E-state index contributed by atoms with van der Waals surface area (Å²) in [4.78, 5) is 0. The van der Waals surface area contributed by atoms with Crippen LogP contribution in [-0.2, 0) is 0 Å². The zero-order chi connectivity index (χ0) is 13.8. The summed E-state index contributed by atoms with van der Waals surface area (Å²) in [5, 5.41) is 3.09. The van der Waals surface area contributed by atoms with Crippen LogP contribution < -0.4 is 10.6 Å². The van der Waals surface area contributed by atoms with Crippen LogP contribution >= 0.6 is 15.8 Å². The van der Waals surface area contributed by atoms with Crippen molar-refractivity contribution in [3.63, 3.8) is 0 Å². The van der Waals surface area contributed by atoms with E-state index in [0.717, 1.165) is 5.66 Å². The van der Waals surface area contributed by atoms with Crippen molar-refractivity contribution in [1.29, 1.82) is 0 Å². The van der Waals surface area contributed by atoms with Gasteiger partial charge in [-0.2, -0.15) is 0 Å². The minimum absolute atomic E-state index is 0.172. The van der Waals surface area contributed by atoms with E-state index in [1.54, 1.807) is 10.6 Å². The summed E-state index contributed by atoms with van der Waals surface area (Å²) in [6, 6.07) is 22.3. The highest BCUT2D eigenvalue weighted by Gasteiger charge is 2.27. The summed E-state index contributed by atoms with van der Waals surface area (Å²) in [7, 11) is 0.102. The molecule has 0 bridgehead atoms. The summed E-state index contributed by atoms with van der Waals surface area (Å²) in [5.41, 5.74) is 0.983. The minimum Gasteiger partial charge on any atom is -0.106 e. The zero-order valence-electron chi connectivity index (χ0n) is 12.1. The SMILES string of the molecule is C[P@]1CCC[C@@H]1CP(c1ccccc1)c1ccccc1. The molecular formula is C18H22P2. The average molecular weight is 300 g/mol. The largest absolute Gasteiger partial charge is 0.106 e. The predicted molar refractivity (Wildman–Crippen MR) is 94.7 cm³/mol. The van der Waals surface area contributed by atoms with Crippen molar-refractivity contribution in [2.75, 3.05) is 19.0 Å². The molecule has 0 aliphatic carbocycles. The monoisotopic (exact) mass is 300 g/mol. The van der Waals surface area contributed by atoms with Crippen LogP contribution in [0.25, 0.3) is 0 Å². The molecule has 0 radical (unpaired) electrons. The normalized spacial score (nSPS) is 22.3. The highest BCUT2D eigenvalue weighted by atomic mass is 31.1. The van der Waals surface area contributed by atoms with Gasteiger partial charge in [0.1, 0.15) is 0 Å². The fourth-order valence-corrected chi connectivity index (χ4v) is 8.66. The van der Waals surface area contributed by atoms with Gasteiger partial charge in [-0.25, -0.2) is 0 Å². The maximum Gasteiger partial charge on any atom is -0.0166 e. The van der Waals surface area contributed by atoms with Gasteiger partial charge < -0.3 is 0 Å². The van der Waals surface area contributed by atoms with Crippen molar-refractivity contribution < 1.29 is 0 Å². The first-order chi connectivity index (χ1) is 9.84. The molecule has 1 fully saturated rings. The van der Waals surface area contributed by atoms with Gasteiger partial charge in [0.15, 0.2) is 0 Å². The molecule has 2 heteroatoms. The second-order valence-electron chi connectivity index (χ2n) is 5.56. The molecule has 0 saturated carbocycles. The number of hydrogen-bond acceptors (Lipinski definition) is 0. The van der Waals surface area contributed by atoms with Crippen LogP contribution in [0.1, 0.15) is 12.8 Å². The second kappa shape index (κ2) is 6.84. The Morgan fingerprint density at radius 1 is 0.950 bits per heavy atom. The predicted octanol–water partition coefficient (Wildman–Crippen LogP) is 4.39. The Hall–Kier alpha value is -0.700. The Balaban J connectivity index is 1.88. The Kier molecular flexibility index (Phi) is 4.87. The lowest BCUT2D eigenvalue weighted by Gasteiger charge is -2.24. The lowest BCUT2D eigenvalue weighted by atomic mass is 10.3. The molecule has 0 amide bonds. The van der Waals surface area contributed by atoms with Crippen LogP contribution in [0, 0.1) is 0 Å². The first-order valence-electron chi connectivity index (χ1n) is 7.42. The summed E-state index contributed by atoms with van der Waals surface area (Å²) in [6.45, 7) is 2.51. The van der Waals surface area contributed by atoms with E-state index in [0.29, 0.717) is 0 Å². The van der Waals surface area contributed by atoms with Crippen LogP contribution in [0.4, 0.5) is 0 Å². The van der Waals surface area contributed by atoms with Gasteiger partial charge in [-0.3, -0.25) is 0 Å². The molecule has 20 heavy (non-hydrogen) atoms. The third-order valence-electron chi connectivity index (χ3n) is 4.20. The second-order valence-corrected chi connectivity index (χ2v) is 10.5. The van der Waals surface area contributed by atoms with Gasteiger partial charge in [-0.1, -0.05) is 60.7 Å². The molecule has 0 unspecified atom stereocenters. The van der Waals surface area contributed by atoms with Gasteiger partial charge in [-0.05, 0) is 56.0 Å². The average Bonchev–Trinajstić information content (AvgIpc) is 2.92. The number of benzene rings is 2. The molecular weight excluding hydrogens is 278 g/mol. The van der Waals surface area contributed by atoms with Crippen LogP contribution in [0.2, 0.25) is 0 Å². The molecule has 104 valence electrons. The van der Waals surface area contributed by atoms with Crippen LogP contribution in [0.5, 0.6) is 0 Å². The van der Waals surface area contributed by atoms with Crippen molar-refractivity contribution >= 4 is 26.5 Å². The van der Waals surface area contributed by atoms with Crippen LogP contribution in [-0.4, -0.2) is 24.6 Å². The number of rotatable bonds is 4. The molecule has 0 N–H and O–H groups in total. The lowest BCUT2D eigenvalue weighted by Crippen LogP contribution is -2.19. The first-order valence-corrected chi connectivity index (χ1v) is 11.0. The van der Waals surface area contributed by atoms with Crippen molar-refractivity contribution in [1.82, 2.24) is 0 Å². The smallest absolute Gasteiger partial charge is 0.0166 e. The fraction of sp³-hybridized carbons (Fsp3) is 0.333. The Morgan fingerprint density at radius 3 is 1.95 bits per heavy atom. The molecule has 1 heterocycles. The molecule has 2 atom stereocenters. The summed E-state index contributed by atoms with van der Waals surface area (Å²) >= 11 is 0. The van der Waals surface area contributed by atoms with Gasteiger partial charge in [-0.15, -0.1) is 7.92 Å². The molecule has 2 aromatic rings. The van der Waals surface area contributed by atoms with Gasteiger partial charge in [0.25, 0.3) is 0 Å². The highest BCUT2D eigenvalue weighted by molar-refractivity contribution is 7.74. The lowest BCUT2D eigenvalue weighted by molar-refractivity contribution is 0.841. The minimum atomic E-state index is -0.172. The molecule has 0 aromatic heterocycles. The molecule has 1 aliphatic heterocycles. The van der Waals surface area contributed by atoms with E-state index in [1.165, 1.54) is 25.2 Å². The molecule has 0 spiro atoms. The quantitative estimate of drug-likeness (QED) is 0.734. The highest BCUT2D eigenvalue weighted by Crippen LogP contribution is 2.51. The van der Waals surface area contributed by atoms with Crippen LogP contribution in [0.15, 0.2) is 60.7 Å². The molecule has 2 aromatic carbocycles. The molecule has 1 aliphatic rings. The maximum absolute atomic E-state index is 2.51. The van der Waals surface area contributed by atoms with Crippen molar-refractivity contribution in [2.24, 2.45) is 0 Å². The molecule has 0 nitrogen and oxygen atoms in total. The van der Waals surface area contributed by atoms with Gasteiger partial charge in [0, 0.05) is 0 Å². The van der Waals surface area contributed by atoms with Gasteiger partial charge in [0.2, 0.25) is 0 Å². The van der Waals surface area contributed by atoms with E-state index in [-0.39, 0.29) is 15.8 Å². The standard InChI is InChI=1S/C18H22P2/c1-19-14-8-13-18(19)15-20(16-9-4-2-5-10-16)17-11-6-3-7-12-17/h2-7,9-12,18H,8,13-15H2,1H3/t18-,19-/m1/s1. The Bertz CT molecular complexity index is 484. The molecule has 3 rings (SSSR count). The summed E-state index contributed by atoms with van der Waals surface area (Å²) in [6.07, 6.45) is 5.80. The van der Waals surface area contributed by atoms with E-state index >= 15 is 0 Å². The topological polar surface area (TPSA) is 0 Å². The summed E-state index contributed by atoms with van der Waals surface area (Å²) < 4.78 is 0. The summed E-state index contributed by atoms with van der Waals surface area (Å²) in [5.74, 6) is 0. The van der Waals surface area contributed by atoms with E-state index < -0.39 is 0 Å². The number of hydrogen-bond donors (Lipinski definition) is 0. The van der Waals surface area contributed by atoms with E-state index in [1.807, 2.05) is 0 Å². The van der Waals surface area contributed by atoms with Crippen molar-refractivity contribution in [3.05, 3.63) is 60.7 Å².